The number of carboxylic acid groups (broad SMARTS) is 1. The summed E-state index contributed by atoms with van der Waals surface area (Å²) in [4.78, 5) is 11.7. The molecule has 140 valence electrons. The Kier molecular flexibility index (Phi) is 7.36. The van der Waals surface area contributed by atoms with Gasteiger partial charge in [-0.3, -0.25) is 4.79 Å². The number of sulfonamides is 1. The molecule has 0 saturated heterocycles. The summed E-state index contributed by atoms with van der Waals surface area (Å²) < 4.78 is 26.0. The highest BCUT2D eigenvalue weighted by Crippen LogP contribution is 2.19. The zero-order chi connectivity index (χ0) is 19.0. The molecule has 0 radical (unpaired) electrons. The second-order valence-electron chi connectivity index (χ2n) is 6.31. The number of carbonyl (C=O) groups is 1. The minimum Gasteiger partial charge on any atom is -0.481 e. The third-order valence-corrected chi connectivity index (χ3v) is 5.88. The van der Waals surface area contributed by atoms with Crippen LogP contribution in [0.25, 0.3) is 0 Å². The summed E-state index contributed by atoms with van der Waals surface area (Å²) in [5.41, 5.74) is 2.04. The molecular formula is C20H25NO4S. The van der Waals surface area contributed by atoms with Gasteiger partial charge < -0.3 is 5.11 Å². The van der Waals surface area contributed by atoms with Crippen molar-refractivity contribution in [1.82, 2.24) is 4.72 Å². The summed E-state index contributed by atoms with van der Waals surface area (Å²) in [5, 5.41) is 9.44. The van der Waals surface area contributed by atoms with Gasteiger partial charge in [0.15, 0.2) is 0 Å². The molecule has 0 saturated carbocycles. The predicted molar refractivity (Wildman–Crippen MR) is 102 cm³/mol. The van der Waals surface area contributed by atoms with Crippen molar-refractivity contribution < 1.29 is 18.3 Å². The molecule has 1 unspecified atom stereocenters. The molecule has 2 rings (SSSR count). The average molecular weight is 375 g/mol. The van der Waals surface area contributed by atoms with E-state index in [9.17, 15) is 18.3 Å². The third kappa shape index (κ3) is 5.97. The van der Waals surface area contributed by atoms with Crippen molar-refractivity contribution in [3.63, 3.8) is 0 Å². The molecule has 2 aromatic carbocycles. The van der Waals surface area contributed by atoms with Crippen LogP contribution in [0.15, 0.2) is 59.5 Å². The lowest BCUT2D eigenvalue weighted by molar-refractivity contribution is -0.142. The van der Waals surface area contributed by atoms with Crippen molar-refractivity contribution in [2.75, 3.05) is 7.05 Å². The molecule has 0 fully saturated rings. The quantitative estimate of drug-likeness (QED) is 0.668. The van der Waals surface area contributed by atoms with Gasteiger partial charge in [-0.1, -0.05) is 42.5 Å². The molecule has 5 nitrogen and oxygen atoms in total. The topological polar surface area (TPSA) is 83.5 Å². The summed E-state index contributed by atoms with van der Waals surface area (Å²) in [5.74, 6) is -1.16. The Hall–Kier alpha value is -2.18. The molecule has 2 N–H and O–H groups in total. The average Bonchev–Trinajstić information content (AvgIpc) is 2.65. The first kappa shape index (κ1) is 20.1. The Morgan fingerprint density at radius 2 is 1.69 bits per heavy atom. The van der Waals surface area contributed by atoms with E-state index in [-0.39, 0.29) is 10.8 Å². The smallest absolute Gasteiger partial charge is 0.306 e. The van der Waals surface area contributed by atoms with Crippen LogP contribution in [-0.2, 0) is 27.7 Å². The van der Waals surface area contributed by atoms with Crippen LogP contribution in [0, 0.1) is 5.92 Å². The second kappa shape index (κ2) is 9.50. The van der Waals surface area contributed by atoms with Crippen molar-refractivity contribution in [2.24, 2.45) is 5.92 Å². The highest BCUT2D eigenvalue weighted by molar-refractivity contribution is 7.89. The van der Waals surface area contributed by atoms with Gasteiger partial charge in [-0.05, 0) is 62.4 Å². The van der Waals surface area contributed by atoms with Crippen molar-refractivity contribution >= 4 is 16.0 Å². The van der Waals surface area contributed by atoms with Crippen LogP contribution in [0.1, 0.15) is 30.4 Å². The van der Waals surface area contributed by atoms with Gasteiger partial charge in [0.25, 0.3) is 0 Å². The monoisotopic (exact) mass is 375 g/mol. The Morgan fingerprint density at radius 3 is 2.35 bits per heavy atom. The van der Waals surface area contributed by atoms with E-state index in [1.807, 2.05) is 36.4 Å². The number of carboxylic acids is 1. The molecule has 1 atom stereocenters. The van der Waals surface area contributed by atoms with Crippen LogP contribution in [0.3, 0.4) is 0 Å². The summed E-state index contributed by atoms with van der Waals surface area (Å²) in [6.45, 7) is 0. The van der Waals surface area contributed by atoms with E-state index in [2.05, 4.69) is 4.72 Å². The summed E-state index contributed by atoms with van der Waals surface area (Å²) in [6.07, 6.45) is 3.28. The van der Waals surface area contributed by atoms with E-state index >= 15 is 0 Å². The minimum atomic E-state index is -3.46. The standard InChI is InChI=1S/C20H25NO4S/c1-21-26(24,25)19-12-6-10-17(15-19)9-5-11-18(20(22)23)14-13-16-7-3-2-4-8-16/h2-4,6-8,10,12,15,18,21H,5,9,11,13-14H2,1H3,(H,22,23). The van der Waals surface area contributed by atoms with Crippen LogP contribution in [0.4, 0.5) is 0 Å². The van der Waals surface area contributed by atoms with E-state index in [0.29, 0.717) is 25.7 Å². The molecule has 2 aromatic rings. The fourth-order valence-electron chi connectivity index (χ4n) is 2.92. The predicted octanol–water partition coefficient (Wildman–Crippen LogP) is 3.25. The Balaban J connectivity index is 1.90. The molecule has 0 aliphatic carbocycles. The minimum absolute atomic E-state index is 0.233. The molecular weight excluding hydrogens is 350 g/mol. The van der Waals surface area contributed by atoms with Crippen molar-refractivity contribution in [3.8, 4) is 0 Å². The SMILES string of the molecule is CNS(=O)(=O)c1cccc(CCCC(CCc2ccccc2)C(=O)O)c1. The fraction of sp³-hybridized carbons (Fsp3) is 0.350. The van der Waals surface area contributed by atoms with Gasteiger partial charge in [0, 0.05) is 0 Å². The van der Waals surface area contributed by atoms with Gasteiger partial charge in [0.2, 0.25) is 10.0 Å². The number of nitrogens with one attached hydrogen (secondary N) is 1. The first-order valence-corrected chi connectivity index (χ1v) is 10.2. The molecule has 0 bridgehead atoms. The number of hydrogen-bond acceptors (Lipinski definition) is 3. The zero-order valence-electron chi connectivity index (χ0n) is 14.9. The molecule has 6 heteroatoms. The van der Waals surface area contributed by atoms with Gasteiger partial charge in [-0.25, -0.2) is 13.1 Å². The van der Waals surface area contributed by atoms with E-state index in [4.69, 9.17) is 0 Å². The third-order valence-electron chi connectivity index (χ3n) is 4.47. The van der Waals surface area contributed by atoms with Crippen LogP contribution < -0.4 is 4.72 Å². The molecule has 0 aliphatic rings. The lowest BCUT2D eigenvalue weighted by Gasteiger charge is -2.12. The molecule has 0 aromatic heterocycles. The Labute approximate surface area is 155 Å². The van der Waals surface area contributed by atoms with Crippen LogP contribution in [0.2, 0.25) is 0 Å². The van der Waals surface area contributed by atoms with Crippen molar-refractivity contribution in [2.45, 2.75) is 37.0 Å². The zero-order valence-corrected chi connectivity index (χ0v) is 15.7. The van der Waals surface area contributed by atoms with Gasteiger partial charge in [-0.2, -0.15) is 0 Å². The number of aliphatic carboxylic acids is 1. The second-order valence-corrected chi connectivity index (χ2v) is 8.19. The lowest BCUT2D eigenvalue weighted by Crippen LogP contribution is -2.18. The van der Waals surface area contributed by atoms with E-state index < -0.39 is 16.0 Å². The van der Waals surface area contributed by atoms with Gasteiger partial charge >= 0.3 is 5.97 Å². The van der Waals surface area contributed by atoms with Gasteiger partial charge in [0.05, 0.1) is 10.8 Å². The Bertz CT molecular complexity index is 819. The molecule has 0 aliphatic heterocycles. The first-order chi connectivity index (χ1) is 12.4. The number of benzene rings is 2. The molecule has 0 heterocycles. The normalized spacial score (nSPS) is 12.7. The lowest BCUT2D eigenvalue weighted by atomic mass is 9.93. The summed E-state index contributed by atoms with van der Waals surface area (Å²) in [6, 6.07) is 16.6. The number of hydrogen-bond donors (Lipinski definition) is 2. The summed E-state index contributed by atoms with van der Waals surface area (Å²) in [7, 11) is -2.08. The van der Waals surface area contributed by atoms with E-state index in [1.165, 1.54) is 7.05 Å². The van der Waals surface area contributed by atoms with Gasteiger partial charge in [0.1, 0.15) is 0 Å². The maximum absolute atomic E-state index is 11.9. The van der Waals surface area contributed by atoms with Gasteiger partial charge in [-0.15, -0.1) is 0 Å². The number of rotatable bonds is 10. The van der Waals surface area contributed by atoms with Crippen LogP contribution >= 0.6 is 0 Å². The maximum atomic E-state index is 11.9. The van der Waals surface area contributed by atoms with Crippen LogP contribution in [-0.4, -0.2) is 26.5 Å². The first-order valence-electron chi connectivity index (χ1n) is 8.71. The highest BCUT2D eigenvalue weighted by atomic mass is 32.2. The maximum Gasteiger partial charge on any atom is 0.306 e. The van der Waals surface area contributed by atoms with E-state index in [0.717, 1.165) is 17.5 Å². The Morgan fingerprint density at radius 1 is 1.00 bits per heavy atom. The van der Waals surface area contributed by atoms with Crippen LogP contribution in [0.5, 0.6) is 0 Å². The molecule has 0 amide bonds. The molecule has 26 heavy (non-hydrogen) atoms. The highest BCUT2D eigenvalue weighted by Gasteiger charge is 2.17. The van der Waals surface area contributed by atoms with Crippen molar-refractivity contribution in [1.29, 1.82) is 0 Å². The number of aryl methyl sites for hydroxylation is 2. The fourth-order valence-corrected chi connectivity index (χ4v) is 3.72. The van der Waals surface area contributed by atoms with Crippen molar-refractivity contribution in [3.05, 3.63) is 65.7 Å². The molecule has 0 spiro atoms. The largest absolute Gasteiger partial charge is 0.481 e. The van der Waals surface area contributed by atoms with E-state index in [1.54, 1.807) is 18.2 Å². The summed E-state index contributed by atoms with van der Waals surface area (Å²) >= 11 is 0.